The normalized spacial score (nSPS) is 19.7. The van der Waals surface area contributed by atoms with Gasteiger partial charge in [0.15, 0.2) is 0 Å². The predicted molar refractivity (Wildman–Crippen MR) is 97.4 cm³/mol. The van der Waals surface area contributed by atoms with Crippen molar-refractivity contribution in [3.8, 4) is 6.07 Å². The first-order valence-electron chi connectivity index (χ1n) is 8.95. The van der Waals surface area contributed by atoms with Gasteiger partial charge in [-0.15, -0.1) is 0 Å². The largest absolute Gasteiger partial charge is 0.416 e. The first-order valence-corrected chi connectivity index (χ1v) is 8.95. The summed E-state index contributed by atoms with van der Waals surface area (Å²) < 4.78 is 39.3. The van der Waals surface area contributed by atoms with E-state index in [0.717, 1.165) is 25.1 Å². The average Bonchev–Trinajstić information content (AvgIpc) is 2.68. The number of hydrogen-bond donors (Lipinski definition) is 3. The summed E-state index contributed by atoms with van der Waals surface area (Å²) in [7, 11) is 0. The minimum atomic E-state index is -4.46. The smallest absolute Gasteiger partial charge is 0.393 e. The van der Waals surface area contributed by atoms with E-state index in [1.165, 1.54) is 12.4 Å². The van der Waals surface area contributed by atoms with E-state index >= 15 is 0 Å². The molecule has 1 fully saturated rings. The first kappa shape index (κ1) is 19.9. The Hall–Kier alpha value is -2.86. The van der Waals surface area contributed by atoms with Crippen LogP contribution in [-0.4, -0.2) is 27.2 Å². The number of alkyl halides is 3. The number of aliphatic hydroxyl groups is 1. The van der Waals surface area contributed by atoms with Crippen LogP contribution in [0.3, 0.4) is 0 Å². The summed E-state index contributed by atoms with van der Waals surface area (Å²) in [6.45, 7) is -0.101. The Morgan fingerprint density at radius 2 is 1.96 bits per heavy atom. The molecule has 0 aliphatic heterocycles. The molecule has 3 rings (SSSR count). The minimum Gasteiger partial charge on any atom is -0.393 e. The Bertz CT molecular complexity index is 857. The minimum absolute atomic E-state index is 0.0111. The highest BCUT2D eigenvalue weighted by Gasteiger charge is 2.33. The fourth-order valence-electron chi connectivity index (χ4n) is 3.23. The third kappa shape index (κ3) is 4.89. The monoisotopic (exact) mass is 391 g/mol. The van der Waals surface area contributed by atoms with Gasteiger partial charge in [0, 0.05) is 42.8 Å². The molecule has 9 heteroatoms. The number of hydrogen-bond acceptors (Lipinski definition) is 6. The fourth-order valence-corrected chi connectivity index (χ4v) is 3.23. The van der Waals surface area contributed by atoms with Crippen LogP contribution >= 0.6 is 0 Å². The number of pyridine rings is 2. The second-order valence-electron chi connectivity index (χ2n) is 6.76. The summed E-state index contributed by atoms with van der Waals surface area (Å²) >= 11 is 0. The number of aromatic nitrogens is 2. The van der Waals surface area contributed by atoms with Crippen molar-refractivity contribution in [2.45, 2.75) is 50.6 Å². The lowest BCUT2D eigenvalue weighted by Crippen LogP contribution is -2.28. The van der Waals surface area contributed by atoms with Crippen molar-refractivity contribution >= 4 is 11.5 Å². The van der Waals surface area contributed by atoms with Crippen LogP contribution in [0.1, 0.15) is 42.4 Å². The number of nitriles is 1. The van der Waals surface area contributed by atoms with Crippen LogP contribution in [0.25, 0.3) is 0 Å². The molecule has 2 aromatic rings. The zero-order chi connectivity index (χ0) is 20.1. The lowest BCUT2D eigenvalue weighted by atomic mass is 9.93. The summed E-state index contributed by atoms with van der Waals surface area (Å²) in [5, 5.41) is 25.1. The first-order chi connectivity index (χ1) is 13.4. The maximum absolute atomic E-state index is 13.1. The second kappa shape index (κ2) is 8.44. The summed E-state index contributed by atoms with van der Waals surface area (Å²) in [6.07, 6.45) is 1.86. The summed E-state index contributed by atoms with van der Waals surface area (Å²) in [5.41, 5.74) is 0.192. The molecule has 0 atom stereocenters. The van der Waals surface area contributed by atoms with Gasteiger partial charge in [0.1, 0.15) is 11.9 Å². The van der Waals surface area contributed by atoms with Gasteiger partial charge in [-0.1, -0.05) is 0 Å². The van der Waals surface area contributed by atoms with Gasteiger partial charge < -0.3 is 15.7 Å². The maximum atomic E-state index is 13.1. The molecule has 2 heterocycles. The van der Waals surface area contributed by atoms with E-state index < -0.39 is 11.7 Å². The molecule has 0 saturated heterocycles. The number of anilines is 2. The predicted octanol–water partition coefficient (Wildman–Crippen LogP) is 3.69. The second-order valence-corrected chi connectivity index (χ2v) is 6.76. The highest BCUT2D eigenvalue weighted by molar-refractivity contribution is 5.62. The van der Waals surface area contributed by atoms with Crippen LogP contribution in [0.5, 0.6) is 0 Å². The maximum Gasteiger partial charge on any atom is 0.416 e. The van der Waals surface area contributed by atoms with E-state index in [2.05, 4.69) is 26.7 Å². The van der Waals surface area contributed by atoms with E-state index in [4.69, 9.17) is 0 Å². The van der Waals surface area contributed by atoms with Gasteiger partial charge in [-0.3, -0.25) is 4.98 Å². The van der Waals surface area contributed by atoms with Gasteiger partial charge >= 0.3 is 6.18 Å². The van der Waals surface area contributed by atoms with E-state index in [1.54, 1.807) is 6.07 Å². The zero-order valence-corrected chi connectivity index (χ0v) is 15.0. The molecule has 6 nitrogen and oxygen atoms in total. The highest BCUT2D eigenvalue weighted by Crippen LogP contribution is 2.32. The standard InChI is InChI=1S/C19H20F3N5O/c20-19(21,22)16-5-6-24-9-13(16)11-26-18-7-17(12(8-23)10-25-18)27-14-1-3-15(28)4-2-14/h5-7,9-10,14-15,28H,1-4,11H2,(H2,25,26,27). The van der Waals surface area contributed by atoms with Crippen molar-refractivity contribution in [3.05, 3.63) is 47.4 Å². The molecule has 148 valence electrons. The Kier molecular flexibility index (Phi) is 5.99. The van der Waals surface area contributed by atoms with Crippen LogP contribution in [-0.2, 0) is 12.7 Å². The number of nitrogens with zero attached hydrogens (tertiary/aromatic N) is 3. The molecule has 2 aromatic heterocycles. The Balaban J connectivity index is 1.73. The molecule has 0 amide bonds. The van der Waals surface area contributed by atoms with Crippen molar-refractivity contribution in [2.24, 2.45) is 0 Å². The molecule has 0 spiro atoms. The molecule has 1 aliphatic rings. The van der Waals surface area contributed by atoms with Gasteiger partial charge in [-0.2, -0.15) is 18.4 Å². The van der Waals surface area contributed by atoms with Crippen molar-refractivity contribution in [3.63, 3.8) is 0 Å². The van der Waals surface area contributed by atoms with Crippen LogP contribution in [0.15, 0.2) is 30.7 Å². The Morgan fingerprint density at radius 3 is 2.64 bits per heavy atom. The number of halogens is 3. The fraction of sp³-hybridized carbons (Fsp3) is 0.421. The van der Waals surface area contributed by atoms with E-state index in [0.29, 0.717) is 29.9 Å². The molecule has 28 heavy (non-hydrogen) atoms. The van der Waals surface area contributed by atoms with Crippen LogP contribution in [0.4, 0.5) is 24.7 Å². The van der Waals surface area contributed by atoms with E-state index in [-0.39, 0.29) is 24.3 Å². The molecule has 0 aromatic carbocycles. The zero-order valence-electron chi connectivity index (χ0n) is 15.0. The quantitative estimate of drug-likeness (QED) is 0.720. The molecule has 0 bridgehead atoms. The van der Waals surface area contributed by atoms with Gasteiger partial charge in [0.2, 0.25) is 0 Å². The summed E-state index contributed by atoms with van der Waals surface area (Å²) in [4.78, 5) is 7.87. The molecule has 0 radical (unpaired) electrons. The molecular weight excluding hydrogens is 371 g/mol. The van der Waals surface area contributed by atoms with Gasteiger partial charge in [-0.25, -0.2) is 4.98 Å². The molecule has 1 aliphatic carbocycles. The molecule has 3 N–H and O–H groups in total. The Morgan fingerprint density at radius 1 is 1.21 bits per heavy atom. The lowest BCUT2D eigenvalue weighted by molar-refractivity contribution is -0.138. The highest BCUT2D eigenvalue weighted by atomic mass is 19.4. The van der Waals surface area contributed by atoms with E-state index in [9.17, 15) is 23.5 Å². The number of aliphatic hydroxyl groups excluding tert-OH is 1. The third-order valence-corrected chi connectivity index (χ3v) is 4.75. The lowest BCUT2D eigenvalue weighted by Gasteiger charge is -2.27. The van der Waals surface area contributed by atoms with Crippen LogP contribution in [0, 0.1) is 11.3 Å². The molecule has 0 unspecified atom stereocenters. The van der Waals surface area contributed by atoms with Crippen molar-refractivity contribution in [2.75, 3.05) is 10.6 Å². The van der Waals surface area contributed by atoms with Crippen LogP contribution in [0.2, 0.25) is 0 Å². The van der Waals surface area contributed by atoms with E-state index in [1.807, 2.05) is 0 Å². The number of nitrogens with one attached hydrogen (secondary N) is 2. The van der Waals surface area contributed by atoms with Crippen molar-refractivity contribution in [1.82, 2.24) is 9.97 Å². The summed E-state index contributed by atoms with van der Waals surface area (Å²) in [5.74, 6) is 0.356. The van der Waals surface area contributed by atoms with Crippen LogP contribution < -0.4 is 10.6 Å². The summed E-state index contributed by atoms with van der Waals surface area (Å²) in [6, 6.07) is 4.75. The number of rotatable bonds is 5. The van der Waals surface area contributed by atoms with Crippen molar-refractivity contribution in [1.29, 1.82) is 5.26 Å². The van der Waals surface area contributed by atoms with Gasteiger partial charge in [-0.05, 0) is 31.7 Å². The van der Waals surface area contributed by atoms with Gasteiger partial charge in [0.05, 0.1) is 22.9 Å². The topological polar surface area (TPSA) is 93.9 Å². The van der Waals surface area contributed by atoms with Crippen molar-refractivity contribution < 1.29 is 18.3 Å². The third-order valence-electron chi connectivity index (χ3n) is 4.75. The molecule has 1 saturated carbocycles. The Labute approximate surface area is 160 Å². The SMILES string of the molecule is N#Cc1cnc(NCc2cnccc2C(F)(F)F)cc1NC1CCC(O)CC1. The average molecular weight is 391 g/mol. The van der Waals surface area contributed by atoms with Gasteiger partial charge in [0.25, 0.3) is 0 Å². The molecular formula is C19H20F3N5O.